The second-order valence-electron chi connectivity index (χ2n) is 4.79. The second-order valence-corrected chi connectivity index (χ2v) is 4.79. The summed E-state index contributed by atoms with van der Waals surface area (Å²) >= 11 is 0. The highest BCUT2D eigenvalue weighted by Gasteiger charge is 2.35. The summed E-state index contributed by atoms with van der Waals surface area (Å²) in [4.78, 5) is 11.5. The van der Waals surface area contributed by atoms with E-state index in [1.165, 1.54) is 6.08 Å². The Labute approximate surface area is 132 Å². The zero-order chi connectivity index (χ0) is 17.4. The molecule has 8 heteroatoms. The van der Waals surface area contributed by atoms with Gasteiger partial charge in [-0.15, -0.1) is 0 Å². The van der Waals surface area contributed by atoms with Gasteiger partial charge < -0.3 is 35.4 Å². The SMILES string of the molecule is O=C(/C=C/c1ccccc1)OC(O)[C@H](O)[C@H](O)[C@H](O)[C@@H](O)CO. The first-order chi connectivity index (χ1) is 10.9. The van der Waals surface area contributed by atoms with Crippen molar-refractivity contribution in [2.75, 3.05) is 6.61 Å². The standard InChI is InChI=1S/C15H20O8/c16-8-10(17)12(19)13(20)14(21)15(22)23-11(18)7-6-9-4-2-1-3-5-9/h1-7,10,12-17,19-22H,8H2/b7-6+/t10-,12+,13+,14+,15?/m0/s1. The van der Waals surface area contributed by atoms with Gasteiger partial charge in [0, 0.05) is 6.08 Å². The molecule has 1 rings (SSSR count). The van der Waals surface area contributed by atoms with Gasteiger partial charge in [0.2, 0.25) is 6.29 Å². The maximum Gasteiger partial charge on any atom is 0.333 e. The van der Waals surface area contributed by atoms with Crippen molar-refractivity contribution in [1.82, 2.24) is 0 Å². The van der Waals surface area contributed by atoms with Crippen molar-refractivity contribution >= 4 is 12.0 Å². The van der Waals surface area contributed by atoms with E-state index in [2.05, 4.69) is 4.74 Å². The largest absolute Gasteiger partial charge is 0.430 e. The molecule has 0 aliphatic heterocycles. The third-order valence-electron chi connectivity index (χ3n) is 3.02. The van der Waals surface area contributed by atoms with Crippen LogP contribution in [0.5, 0.6) is 0 Å². The first kappa shape index (κ1) is 19.2. The van der Waals surface area contributed by atoms with Crippen molar-refractivity contribution in [1.29, 1.82) is 0 Å². The van der Waals surface area contributed by atoms with E-state index in [0.29, 0.717) is 5.56 Å². The minimum Gasteiger partial charge on any atom is -0.430 e. The summed E-state index contributed by atoms with van der Waals surface area (Å²) in [5, 5.41) is 55.8. The average Bonchev–Trinajstić information content (AvgIpc) is 2.58. The fourth-order valence-corrected chi connectivity index (χ4v) is 1.66. The first-order valence-electron chi connectivity index (χ1n) is 6.81. The number of benzene rings is 1. The van der Waals surface area contributed by atoms with E-state index in [0.717, 1.165) is 6.08 Å². The maximum atomic E-state index is 11.5. The minimum absolute atomic E-state index is 0.709. The lowest BCUT2D eigenvalue weighted by molar-refractivity contribution is -0.210. The molecule has 5 atom stereocenters. The number of hydrogen-bond acceptors (Lipinski definition) is 8. The molecule has 0 spiro atoms. The molecule has 0 radical (unpaired) electrons. The molecule has 6 N–H and O–H groups in total. The zero-order valence-electron chi connectivity index (χ0n) is 12.1. The van der Waals surface area contributed by atoms with Crippen LogP contribution in [0.15, 0.2) is 36.4 Å². The number of aliphatic hydroxyl groups is 6. The van der Waals surface area contributed by atoms with Crippen LogP contribution in [0, 0.1) is 0 Å². The predicted octanol–water partition coefficient (Wildman–Crippen LogP) is -2.00. The van der Waals surface area contributed by atoms with Crippen LogP contribution in [-0.4, -0.2) is 73.9 Å². The van der Waals surface area contributed by atoms with Gasteiger partial charge in [-0.05, 0) is 11.6 Å². The summed E-state index contributed by atoms with van der Waals surface area (Å²) < 4.78 is 4.48. The second kappa shape index (κ2) is 9.36. The van der Waals surface area contributed by atoms with Crippen LogP contribution in [0.25, 0.3) is 6.08 Å². The van der Waals surface area contributed by atoms with Crippen LogP contribution in [0.2, 0.25) is 0 Å². The van der Waals surface area contributed by atoms with Crippen molar-refractivity contribution in [2.45, 2.75) is 30.7 Å². The first-order valence-corrected chi connectivity index (χ1v) is 6.81. The van der Waals surface area contributed by atoms with Crippen molar-refractivity contribution < 1.29 is 40.2 Å². The Morgan fingerprint density at radius 1 is 1.00 bits per heavy atom. The fourth-order valence-electron chi connectivity index (χ4n) is 1.66. The summed E-state index contributed by atoms with van der Waals surface area (Å²) in [5.74, 6) is -0.982. The number of carbonyl (C=O) groups is 1. The molecule has 0 aliphatic rings. The molecule has 128 valence electrons. The van der Waals surface area contributed by atoms with Gasteiger partial charge in [0.05, 0.1) is 6.61 Å². The van der Waals surface area contributed by atoms with Gasteiger partial charge >= 0.3 is 5.97 Å². The minimum atomic E-state index is -2.13. The number of aliphatic hydroxyl groups excluding tert-OH is 6. The number of hydrogen-bond donors (Lipinski definition) is 6. The Hall–Kier alpha value is -1.81. The van der Waals surface area contributed by atoms with Gasteiger partial charge in [0.15, 0.2) is 0 Å². The molecule has 1 aromatic carbocycles. The highest BCUT2D eigenvalue weighted by Crippen LogP contribution is 2.10. The van der Waals surface area contributed by atoms with Gasteiger partial charge in [-0.25, -0.2) is 4.79 Å². The van der Waals surface area contributed by atoms with E-state index in [4.69, 9.17) is 10.2 Å². The summed E-state index contributed by atoms with van der Waals surface area (Å²) in [6, 6.07) is 8.77. The summed E-state index contributed by atoms with van der Waals surface area (Å²) in [7, 11) is 0. The smallest absolute Gasteiger partial charge is 0.333 e. The van der Waals surface area contributed by atoms with Crippen molar-refractivity contribution in [3.8, 4) is 0 Å². The van der Waals surface area contributed by atoms with Crippen LogP contribution in [0.1, 0.15) is 5.56 Å². The highest BCUT2D eigenvalue weighted by molar-refractivity contribution is 5.87. The predicted molar refractivity (Wildman–Crippen MR) is 78.7 cm³/mol. The van der Waals surface area contributed by atoms with E-state index < -0.39 is 43.3 Å². The van der Waals surface area contributed by atoms with Crippen molar-refractivity contribution in [3.63, 3.8) is 0 Å². The third kappa shape index (κ3) is 6.06. The van der Waals surface area contributed by atoms with E-state index in [1.807, 2.05) is 0 Å². The molecule has 0 heterocycles. The number of carbonyl (C=O) groups excluding carboxylic acids is 1. The molecule has 8 nitrogen and oxygen atoms in total. The van der Waals surface area contributed by atoms with Gasteiger partial charge in [0.25, 0.3) is 0 Å². The molecule has 23 heavy (non-hydrogen) atoms. The summed E-state index contributed by atoms with van der Waals surface area (Å²) in [6.45, 7) is -0.860. The molecular weight excluding hydrogens is 308 g/mol. The molecule has 0 amide bonds. The van der Waals surface area contributed by atoms with E-state index in [9.17, 15) is 25.2 Å². The van der Waals surface area contributed by atoms with Gasteiger partial charge in [-0.3, -0.25) is 0 Å². The molecule has 0 aliphatic carbocycles. The van der Waals surface area contributed by atoms with Crippen molar-refractivity contribution in [2.24, 2.45) is 0 Å². The van der Waals surface area contributed by atoms with Gasteiger partial charge in [-0.2, -0.15) is 0 Å². The monoisotopic (exact) mass is 328 g/mol. The maximum absolute atomic E-state index is 11.5. The lowest BCUT2D eigenvalue weighted by atomic mass is 10.0. The lowest BCUT2D eigenvalue weighted by Crippen LogP contribution is -2.50. The van der Waals surface area contributed by atoms with Crippen molar-refractivity contribution in [3.05, 3.63) is 42.0 Å². The molecule has 0 saturated heterocycles. The molecule has 0 bridgehead atoms. The Balaban J connectivity index is 2.55. The number of esters is 1. The Morgan fingerprint density at radius 3 is 2.17 bits per heavy atom. The van der Waals surface area contributed by atoms with Gasteiger partial charge in [0.1, 0.15) is 24.4 Å². The Bertz CT molecular complexity index is 503. The molecule has 0 aromatic heterocycles. The quantitative estimate of drug-likeness (QED) is 0.182. The summed E-state index contributed by atoms with van der Waals surface area (Å²) in [6.07, 6.45) is -7.45. The Kier molecular flexibility index (Phi) is 7.83. The van der Waals surface area contributed by atoms with Crippen LogP contribution >= 0.6 is 0 Å². The third-order valence-corrected chi connectivity index (χ3v) is 3.02. The van der Waals surface area contributed by atoms with Crippen LogP contribution in [0.4, 0.5) is 0 Å². The van der Waals surface area contributed by atoms with Gasteiger partial charge in [-0.1, -0.05) is 30.3 Å². The summed E-state index contributed by atoms with van der Waals surface area (Å²) in [5.41, 5.74) is 0.709. The lowest BCUT2D eigenvalue weighted by Gasteiger charge is -2.27. The zero-order valence-corrected chi connectivity index (χ0v) is 12.1. The van der Waals surface area contributed by atoms with Crippen LogP contribution in [0.3, 0.4) is 0 Å². The highest BCUT2D eigenvalue weighted by atomic mass is 16.6. The molecule has 1 unspecified atom stereocenters. The normalized spacial score (nSPS) is 18.2. The molecule has 0 saturated carbocycles. The van der Waals surface area contributed by atoms with Crippen LogP contribution < -0.4 is 0 Å². The number of ether oxygens (including phenoxy) is 1. The molecule has 0 fully saturated rings. The van der Waals surface area contributed by atoms with E-state index in [-0.39, 0.29) is 0 Å². The van der Waals surface area contributed by atoms with Crippen LogP contribution in [-0.2, 0) is 9.53 Å². The number of rotatable bonds is 8. The van der Waals surface area contributed by atoms with E-state index in [1.54, 1.807) is 30.3 Å². The molecule has 1 aromatic rings. The average molecular weight is 328 g/mol. The molecular formula is C15H20O8. The topological polar surface area (TPSA) is 148 Å². The van der Waals surface area contributed by atoms with E-state index >= 15 is 0 Å². The Morgan fingerprint density at radius 2 is 1.61 bits per heavy atom. The fraction of sp³-hybridized carbons (Fsp3) is 0.400.